The van der Waals surface area contributed by atoms with Crippen molar-refractivity contribution in [3.05, 3.63) is 60.2 Å². The summed E-state index contributed by atoms with van der Waals surface area (Å²) in [6, 6.07) is 16.2. The maximum atomic E-state index is 12.7. The van der Waals surface area contributed by atoms with Crippen molar-refractivity contribution in [1.29, 1.82) is 0 Å². The van der Waals surface area contributed by atoms with E-state index in [2.05, 4.69) is 4.72 Å². The van der Waals surface area contributed by atoms with Crippen LogP contribution in [0.4, 0.5) is 11.4 Å². The Hall–Kier alpha value is -2.67. The zero-order valence-electron chi connectivity index (χ0n) is 15.5. The highest BCUT2D eigenvalue weighted by atomic mass is 32.2. The SMILES string of the molecule is CCC(=O)CCC(=O)N(Cc1ccccc1)c1ccc(NS(C)(=O)=O)cc1. The van der Waals surface area contributed by atoms with Gasteiger partial charge in [0, 0.05) is 30.6 Å². The average Bonchev–Trinajstić information content (AvgIpc) is 2.64. The summed E-state index contributed by atoms with van der Waals surface area (Å²) in [7, 11) is -3.36. The van der Waals surface area contributed by atoms with Crippen LogP contribution in [0.2, 0.25) is 0 Å². The summed E-state index contributed by atoms with van der Waals surface area (Å²) >= 11 is 0. The van der Waals surface area contributed by atoms with Crippen LogP contribution in [0.15, 0.2) is 54.6 Å². The number of Topliss-reactive ketones (excluding diaryl/α,β-unsaturated/α-hetero) is 1. The lowest BCUT2D eigenvalue weighted by Crippen LogP contribution is -2.30. The zero-order chi connectivity index (χ0) is 19.9. The number of ketones is 1. The quantitative estimate of drug-likeness (QED) is 0.714. The fourth-order valence-electron chi connectivity index (χ4n) is 2.57. The van der Waals surface area contributed by atoms with Crippen LogP contribution in [0.3, 0.4) is 0 Å². The molecule has 0 aliphatic heterocycles. The summed E-state index contributed by atoms with van der Waals surface area (Å²) in [5.74, 6) is -0.0970. The molecular weight excluding hydrogens is 364 g/mol. The number of rotatable bonds is 9. The first-order valence-electron chi connectivity index (χ1n) is 8.72. The molecule has 0 saturated carbocycles. The lowest BCUT2D eigenvalue weighted by Gasteiger charge is -2.23. The highest BCUT2D eigenvalue weighted by Gasteiger charge is 2.17. The molecule has 0 aliphatic rings. The van der Waals surface area contributed by atoms with Crippen molar-refractivity contribution in [2.75, 3.05) is 15.9 Å². The molecule has 0 heterocycles. The van der Waals surface area contributed by atoms with Gasteiger partial charge in [0.2, 0.25) is 15.9 Å². The van der Waals surface area contributed by atoms with Crippen LogP contribution in [-0.4, -0.2) is 26.4 Å². The topological polar surface area (TPSA) is 83.6 Å². The Labute approximate surface area is 160 Å². The number of hydrogen-bond acceptors (Lipinski definition) is 4. The number of amides is 1. The van der Waals surface area contributed by atoms with Crippen LogP contribution in [0.1, 0.15) is 31.7 Å². The van der Waals surface area contributed by atoms with E-state index in [0.29, 0.717) is 24.3 Å². The first-order chi connectivity index (χ1) is 12.8. The van der Waals surface area contributed by atoms with Crippen molar-refractivity contribution in [2.24, 2.45) is 0 Å². The number of sulfonamides is 1. The van der Waals surface area contributed by atoms with Crippen molar-refractivity contribution in [3.63, 3.8) is 0 Å². The lowest BCUT2D eigenvalue weighted by atomic mass is 10.1. The molecule has 0 spiro atoms. The Balaban J connectivity index is 2.22. The molecule has 0 radical (unpaired) electrons. The maximum absolute atomic E-state index is 12.7. The molecule has 7 heteroatoms. The van der Waals surface area contributed by atoms with Gasteiger partial charge in [-0.15, -0.1) is 0 Å². The summed E-state index contributed by atoms with van der Waals surface area (Å²) in [4.78, 5) is 25.9. The van der Waals surface area contributed by atoms with E-state index in [4.69, 9.17) is 0 Å². The molecule has 1 amide bonds. The van der Waals surface area contributed by atoms with E-state index < -0.39 is 10.0 Å². The van der Waals surface area contributed by atoms with Crippen molar-refractivity contribution < 1.29 is 18.0 Å². The summed E-state index contributed by atoms with van der Waals surface area (Å²) < 4.78 is 25.1. The standard InChI is InChI=1S/C20H24N2O4S/c1-3-19(23)13-14-20(24)22(15-16-7-5-4-6-8-16)18-11-9-17(10-12-18)21-27(2,25)26/h4-12,21H,3,13-15H2,1-2H3. The Kier molecular flexibility index (Phi) is 7.12. The Morgan fingerprint density at radius 2 is 1.59 bits per heavy atom. The van der Waals surface area contributed by atoms with E-state index in [1.807, 2.05) is 30.3 Å². The summed E-state index contributed by atoms with van der Waals surface area (Å²) in [5, 5.41) is 0. The molecule has 27 heavy (non-hydrogen) atoms. The Morgan fingerprint density at radius 1 is 0.963 bits per heavy atom. The first-order valence-corrected chi connectivity index (χ1v) is 10.6. The summed E-state index contributed by atoms with van der Waals surface area (Å²) in [5.41, 5.74) is 2.03. The second kappa shape index (κ2) is 9.32. The molecule has 2 aromatic rings. The van der Waals surface area contributed by atoms with E-state index in [-0.39, 0.29) is 24.5 Å². The van der Waals surface area contributed by atoms with Crippen LogP contribution >= 0.6 is 0 Å². The highest BCUT2D eigenvalue weighted by molar-refractivity contribution is 7.92. The second-order valence-electron chi connectivity index (χ2n) is 6.28. The number of anilines is 2. The van der Waals surface area contributed by atoms with Crippen LogP contribution in [0, 0.1) is 0 Å². The van der Waals surface area contributed by atoms with E-state index in [1.165, 1.54) is 0 Å². The molecule has 2 rings (SSSR count). The third-order valence-electron chi connectivity index (χ3n) is 3.98. The van der Waals surface area contributed by atoms with Crippen molar-refractivity contribution in [3.8, 4) is 0 Å². The van der Waals surface area contributed by atoms with Crippen LogP contribution < -0.4 is 9.62 Å². The predicted molar refractivity (Wildman–Crippen MR) is 107 cm³/mol. The van der Waals surface area contributed by atoms with E-state index in [9.17, 15) is 18.0 Å². The third kappa shape index (κ3) is 6.86. The van der Waals surface area contributed by atoms with Gasteiger partial charge in [0.05, 0.1) is 12.8 Å². The monoisotopic (exact) mass is 388 g/mol. The van der Waals surface area contributed by atoms with Gasteiger partial charge in [-0.05, 0) is 29.8 Å². The van der Waals surface area contributed by atoms with Crippen molar-refractivity contribution >= 4 is 33.1 Å². The second-order valence-corrected chi connectivity index (χ2v) is 8.03. The highest BCUT2D eigenvalue weighted by Crippen LogP contribution is 2.22. The normalized spacial score (nSPS) is 11.0. The minimum atomic E-state index is -3.36. The molecule has 0 saturated heterocycles. The van der Waals surface area contributed by atoms with Crippen molar-refractivity contribution in [1.82, 2.24) is 0 Å². The molecule has 0 aromatic heterocycles. The fourth-order valence-corrected chi connectivity index (χ4v) is 3.14. The van der Waals surface area contributed by atoms with Gasteiger partial charge >= 0.3 is 0 Å². The van der Waals surface area contributed by atoms with Gasteiger partial charge in [0.1, 0.15) is 5.78 Å². The maximum Gasteiger partial charge on any atom is 0.229 e. The summed E-state index contributed by atoms with van der Waals surface area (Å²) in [6.07, 6.45) is 1.85. The Morgan fingerprint density at radius 3 is 2.15 bits per heavy atom. The molecule has 0 aliphatic carbocycles. The minimum absolute atomic E-state index is 0.0516. The van der Waals surface area contributed by atoms with Gasteiger partial charge < -0.3 is 4.90 Å². The van der Waals surface area contributed by atoms with Gasteiger partial charge in [0.15, 0.2) is 0 Å². The fraction of sp³-hybridized carbons (Fsp3) is 0.300. The molecule has 2 aromatic carbocycles. The minimum Gasteiger partial charge on any atom is -0.308 e. The third-order valence-corrected chi connectivity index (χ3v) is 4.59. The number of hydrogen-bond donors (Lipinski definition) is 1. The van der Waals surface area contributed by atoms with Crippen LogP contribution in [0.25, 0.3) is 0 Å². The molecule has 0 atom stereocenters. The smallest absolute Gasteiger partial charge is 0.229 e. The number of nitrogens with zero attached hydrogens (tertiary/aromatic N) is 1. The first kappa shape index (κ1) is 20.6. The largest absolute Gasteiger partial charge is 0.308 e. The molecule has 6 nitrogen and oxygen atoms in total. The van der Waals surface area contributed by atoms with Gasteiger partial charge in [-0.2, -0.15) is 0 Å². The number of carbonyl (C=O) groups is 2. The molecular formula is C20H24N2O4S. The summed E-state index contributed by atoms with van der Waals surface area (Å²) in [6.45, 7) is 2.15. The van der Waals surface area contributed by atoms with Crippen molar-refractivity contribution in [2.45, 2.75) is 32.7 Å². The lowest BCUT2D eigenvalue weighted by molar-refractivity contribution is -0.123. The number of benzene rings is 2. The van der Waals surface area contributed by atoms with E-state index in [0.717, 1.165) is 11.8 Å². The van der Waals surface area contributed by atoms with Gasteiger partial charge in [-0.25, -0.2) is 8.42 Å². The van der Waals surface area contributed by atoms with E-state index >= 15 is 0 Å². The molecule has 144 valence electrons. The zero-order valence-corrected chi connectivity index (χ0v) is 16.3. The average molecular weight is 388 g/mol. The predicted octanol–water partition coefficient (Wildman–Crippen LogP) is 3.35. The van der Waals surface area contributed by atoms with Crippen LogP contribution in [-0.2, 0) is 26.2 Å². The molecule has 0 bridgehead atoms. The molecule has 0 fully saturated rings. The number of carbonyl (C=O) groups excluding carboxylic acids is 2. The van der Waals surface area contributed by atoms with Crippen LogP contribution in [0.5, 0.6) is 0 Å². The van der Waals surface area contributed by atoms with E-state index in [1.54, 1.807) is 36.1 Å². The van der Waals surface area contributed by atoms with Gasteiger partial charge in [-0.3, -0.25) is 14.3 Å². The number of nitrogens with one attached hydrogen (secondary N) is 1. The molecule has 0 unspecified atom stereocenters. The molecule has 1 N–H and O–H groups in total. The van der Waals surface area contributed by atoms with Gasteiger partial charge in [0.25, 0.3) is 0 Å². The van der Waals surface area contributed by atoms with Gasteiger partial charge in [-0.1, -0.05) is 37.3 Å². The Bertz CT molecular complexity index is 878.